The van der Waals surface area contributed by atoms with Crippen LogP contribution in [0, 0.1) is 5.92 Å². The van der Waals surface area contributed by atoms with Gasteiger partial charge < -0.3 is 19.8 Å². The molecule has 1 saturated heterocycles. The predicted molar refractivity (Wildman–Crippen MR) is 74.6 cm³/mol. The standard InChI is InChI=1S/C14H19N3O2/c1-18-11-2-3-13-12(8-11)16-14(19-13)17-6-4-10(9-15)5-7-17/h2-3,8,10H,4-7,9,15H2,1H3. The molecule has 2 N–H and O–H groups in total. The summed E-state index contributed by atoms with van der Waals surface area (Å²) in [5.41, 5.74) is 7.35. The minimum Gasteiger partial charge on any atom is -0.497 e. The molecule has 0 spiro atoms. The fraction of sp³-hybridized carbons (Fsp3) is 0.500. The van der Waals surface area contributed by atoms with E-state index in [-0.39, 0.29) is 0 Å². The first kappa shape index (κ1) is 12.3. The summed E-state index contributed by atoms with van der Waals surface area (Å²) >= 11 is 0. The van der Waals surface area contributed by atoms with E-state index in [1.54, 1.807) is 7.11 Å². The van der Waals surface area contributed by atoms with Crippen molar-refractivity contribution in [3.8, 4) is 5.75 Å². The van der Waals surface area contributed by atoms with Gasteiger partial charge in [0.05, 0.1) is 7.11 Å². The van der Waals surface area contributed by atoms with E-state index in [9.17, 15) is 0 Å². The van der Waals surface area contributed by atoms with Crippen LogP contribution in [0.1, 0.15) is 12.8 Å². The molecule has 0 radical (unpaired) electrons. The van der Waals surface area contributed by atoms with Gasteiger partial charge in [-0.1, -0.05) is 0 Å². The molecule has 19 heavy (non-hydrogen) atoms. The molecule has 0 saturated carbocycles. The smallest absolute Gasteiger partial charge is 0.298 e. The fourth-order valence-electron chi connectivity index (χ4n) is 2.52. The van der Waals surface area contributed by atoms with Crippen molar-refractivity contribution in [2.24, 2.45) is 11.7 Å². The Kier molecular flexibility index (Phi) is 3.29. The van der Waals surface area contributed by atoms with Crippen molar-refractivity contribution in [1.82, 2.24) is 4.98 Å². The van der Waals surface area contributed by atoms with Gasteiger partial charge in [-0.05, 0) is 37.4 Å². The van der Waals surface area contributed by atoms with Crippen LogP contribution < -0.4 is 15.4 Å². The lowest BCUT2D eigenvalue weighted by molar-refractivity contribution is 0.398. The summed E-state index contributed by atoms with van der Waals surface area (Å²) in [4.78, 5) is 6.74. The molecule has 1 aromatic heterocycles. The van der Waals surface area contributed by atoms with Crippen molar-refractivity contribution in [1.29, 1.82) is 0 Å². The first-order valence-electron chi connectivity index (χ1n) is 6.69. The highest BCUT2D eigenvalue weighted by Gasteiger charge is 2.21. The maximum absolute atomic E-state index is 5.80. The van der Waals surface area contributed by atoms with Crippen molar-refractivity contribution in [2.75, 3.05) is 31.6 Å². The highest BCUT2D eigenvalue weighted by molar-refractivity contribution is 5.76. The van der Waals surface area contributed by atoms with Crippen molar-refractivity contribution in [2.45, 2.75) is 12.8 Å². The average Bonchev–Trinajstić information content (AvgIpc) is 2.90. The molecular formula is C14H19N3O2. The molecule has 0 aliphatic carbocycles. The van der Waals surface area contributed by atoms with Gasteiger partial charge in [-0.2, -0.15) is 4.98 Å². The summed E-state index contributed by atoms with van der Waals surface area (Å²) in [6.07, 6.45) is 2.22. The number of fused-ring (bicyclic) bond motifs is 1. The normalized spacial score (nSPS) is 17.1. The molecule has 0 amide bonds. The van der Waals surface area contributed by atoms with Crippen molar-refractivity contribution in [3.05, 3.63) is 18.2 Å². The molecule has 0 unspecified atom stereocenters. The van der Waals surface area contributed by atoms with Crippen LogP contribution in [0.4, 0.5) is 6.01 Å². The predicted octanol–water partition coefficient (Wildman–Crippen LogP) is 2.01. The molecule has 102 valence electrons. The zero-order valence-corrected chi connectivity index (χ0v) is 11.1. The molecule has 2 aromatic rings. The Morgan fingerprint density at radius 3 is 2.89 bits per heavy atom. The molecule has 2 heterocycles. The number of aromatic nitrogens is 1. The third-order valence-corrected chi connectivity index (χ3v) is 3.80. The zero-order valence-electron chi connectivity index (χ0n) is 11.1. The number of ether oxygens (including phenoxy) is 1. The maximum atomic E-state index is 5.80. The monoisotopic (exact) mass is 261 g/mol. The molecule has 5 nitrogen and oxygen atoms in total. The van der Waals surface area contributed by atoms with Crippen LogP contribution in [0.2, 0.25) is 0 Å². The molecular weight excluding hydrogens is 242 g/mol. The van der Waals surface area contributed by atoms with Gasteiger partial charge in [-0.15, -0.1) is 0 Å². The number of nitrogens with two attached hydrogens (primary N) is 1. The van der Waals surface area contributed by atoms with E-state index < -0.39 is 0 Å². The minimum absolute atomic E-state index is 0.640. The highest BCUT2D eigenvalue weighted by atomic mass is 16.5. The van der Waals surface area contributed by atoms with Crippen LogP contribution in [0.5, 0.6) is 5.75 Å². The quantitative estimate of drug-likeness (QED) is 0.915. The van der Waals surface area contributed by atoms with E-state index in [1.165, 1.54) is 0 Å². The fourth-order valence-corrected chi connectivity index (χ4v) is 2.52. The van der Waals surface area contributed by atoms with Crippen LogP contribution in [0.3, 0.4) is 0 Å². The second-order valence-electron chi connectivity index (χ2n) is 5.00. The van der Waals surface area contributed by atoms with Crippen LogP contribution in [0.15, 0.2) is 22.6 Å². The third kappa shape index (κ3) is 2.38. The van der Waals surface area contributed by atoms with Crippen molar-refractivity contribution < 1.29 is 9.15 Å². The van der Waals surface area contributed by atoms with Gasteiger partial charge in [-0.3, -0.25) is 0 Å². The van der Waals surface area contributed by atoms with Gasteiger partial charge in [0.1, 0.15) is 11.3 Å². The van der Waals surface area contributed by atoms with E-state index in [0.29, 0.717) is 11.9 Å². The molecule has 1 fully saturated rings. The maximum Gasteiger partial charge on any atom is 0.298 e. The van der Waals surface area contributed by atoms with E-state index >= 15 is 0 Å². The second-order valence-corrected chi connectivity index (χ2v) is 5.00. The Hall–Kier alpha value is -1.75. The van der Waals surface area contributed by atoms with E-state index in [2.05, 4.69) is 9.88 Å². The van der Waals surface area contributed by atoms with Gasteiger partial charge in [0.25, 0.3) is 6.01 Å². The Balaban J connectivity index is 1.81. The summed E-state index contributed by atoms with van der Waals surface area (Å²) in [5, 5.41) is 0. The lowest BCUT2D eigenvalue weighted by atomic mass is 9.97. The summed E-state index contributed by atoms with van der Waals surface area (Å²) in [5.74, 6) is 1.44. The van der Waals surface area contributed by atoms with Crippen molar-refractivity contribution in [3.63, 3.8) is 0 Å². The largest absolute Gasteiger partial charge is 0.497 e. The molecule has 0 atom stereocenters. The van der Waals surface area contributed by atoms with Gasteiger partial charge >= 0.3 is 0 Å². The third-order valence-electron chi connectivity index (χ3n) is 3.80. The lowest BCUT2D eigenvalue weighted by Gasteiger charge is -2.29. The topological polar surface area (TPSA) is 64.5 Å². The minimum atomic E-state index is 0.640. The first-order chi connectivity index (χ1) is 9.30. The Bertz CT molecular complexity index is 559. The summed E-state index contributed by atoms with van der Waals surface area (Å²) in [6.45, 7) is 2.70. The zero-order chi connectivity index (χ0) is 13.2. The average molecular weight is 261 g/mol. The molecule has 5 heteroatoms. The van der Waals surface area contributed by atoms with E-state index in [0.717, 1.165) is 49.3 Å². The molecule has 3 rings (SSSR count). The van der Waals surface area contributed by atoms with Gasteiger partial charge in [0.15, 0.2) is 5.58 Å². The number of benzene rings is 1. The van der Waals surface area contributed by atoms with Crippen LogP contribution >= 0.6 is 0 Å². The van der Waals surface area contributed by atoms with Crippen LogP contribution in [0.25, 0.3) is 11.1 Å². The van der Waals surface area contributed by atoms with Gasteiger partial charge in [0, 0.05) is 19.2 Å². The Morgan fingerprint density at radius 2 is 2.21 bits per heavy atom. The van der Waals surface area contributed by atoms with Gasteiger partial charge in [0.2, 0.25) is 0 Å². The molecule has 1 aliphatic heterocycles. The molecule has 1 aromatic carbocycles. The SMILES string of the molecule is COc1ccc2oc(N3CCC(CN)CC3)nc2c1. The van der Waals surface area contributed by atoms with E-state index in [1.807, 2.05) is 18.2 Å². The number of oxazole rings is 1. The number of anilines is 1. The number of hydrogen-bond donors (Lipinski definition) is 1. The van der Waals surface area contributed by atoms with Crippen LogP contribution in [-0.4, -0.2) is 31.7 Å². The highest BCUT2D eigenvalue weighted by Crippen LogP contribution is 2.28. The Labute approximate surface area is 112 Å². The van der Waals surface area contributed by atoms with Crippen molar-refractivity contribution >= 4 is 17.1 Å². The first-order valence-corrected chi connectivity index (χ1v) is 6.69. The van der Waals surface area contributed by atoms with E-state index in [4.69, 9.17) is 14.9 Å². The summed E-state index contributed by atoms with van der Waals surface area (Å²) in [7, 11) is 1.65. The number of rotatable bonds is 3. The number of nitrogens with zero attached hydrogens (tertiary/aromatic N) is 2. The number of methoxy groups -OCH3 is 1. The lowest BCUT2D eigenvalue weighted by Crippen LogP contribution is -2.36. The number of piperidine rings is 1. The Morgan fingerprint density at radius 1 is 1.42 bits per heavy atom. The molecule has 1 aliphatic rings. The van der Waals surface area contributed by atoms with Gasteiger partial charge in [-0.25, -0.2) is 0 Å². The molecule has 0 bridgehead atoms. The van der Waals surface area contributed by atoms with Crippen LogP contribution in [-0.2, 0) is 0 Å². The summed E-state index contributed by atoms with van der Waals surface area (Å²) < 4.78 is 11.0. The number of hydrogen-bond acceptors (Lipinski definition) is 5. The summed E-state index contributed by atoms with van der Waals surface area (Å²) in [6, 6.07) is 6.39. The second kappa shape index (κ2) is 5.09.